The van der Waals surface area contributed by atoms with Crippen LogP contribution >= 0.6 is 11.8 Å². The standard InChI is InChI=1S/C16H15FN2O2S/c17-12-7-5-11(6-8-12)9-22-10-15(20)19-14-4-2-1-3-13(14)16(18)21/h1-8H,9-10H2,(H2,18,21)(H,19,20). The van der Waals surface area contributed by atoms with Crippen LogP contribution in [0.2, 0.25) is 0 Å². The Balaban J connectivity index is 1.86. The van der Waals surface area contributed by atoms with Gasteiger partial charge < -0.3 is 11.1 Å². The van der Waals surface area contributed by atoms with Crippen molar-refractivity contribution in [2.75, 3.05) is 11.1 Å². The van der Waals surface area contributed by atoms with Gasteiger partial charge in [0.2, 0.25) is 5.91 Å². The van der Waals surface area contributed by atoms with E-state index in [0.717, 1.165) is 5.56 Å². The molecular formula is C16H15FN2O2S. The molecule has 0 bridgehead atoms. The smallest absolute Gasteiger partial charge is 0.250 e. The molecule has 3 N–H and O–H groups in total. The first-order valence-corrected chi connectivity index (χ1v) is 7.72. The molecule has 0 aromatic heterocycles. The van der Waals surface area contributed by atoms with Gasteiger partial charge in [-0.2, -0.15) is 0 Å². The van der Waals surface area contributed by atoms with Gasteiger partial charge in [-0.3, -0.25) is 9.59 Å². The second-order valence-corrected chi connectivity index (χ2v) is 5.56. The van der Waals surface area contributed by atoms with Crippen molar-refractivity contribution < 1.29 is 14.0 Å². The SMILES string of the molecule is NC(=O)c1ccccc1NC(=O)CSCc1ccc(F)cc1. The minimum Gasteiger partial charge on any atom is -0.366 e. The van der Waals surface area contributed by atoms with Gasteiger partial charge in [0.25, 0.3) is 5.91 Å². The maximum Gasteiger partial charge on any atom is 0.250 e. The summed E-state index contributed by atoms with van der Waals surface area (Å²) in [5.41, 5.74) is 6.88. The van der Waals surface area contributed by atoms with Crippen molar-refractivity contribution >= 4 is 29.3 Å². The number of nitrogens with two attached hydrogens (primary N) is 1. The van der Waals surface area contributed by atoms with Crippen molar-refractivity contribution in [2.45, 2.75) is 5.75 Å². The van der Waals surface area contributed by atoms with Gasteiger partial charge in [-0.1, -0.05) is 24.3 Å². The van der Waals surface area contributed by atoms with Crippen LogP contribution in [0.3, 0.4) is 0 Å². The summed E-state index contributed by atoms with van der Waals surface area (Å²) < 4.78 is 12.8. The number of rotatable bonds is 6. The molecule has 2 aromatic carbocycles. The molecule has 6 heteroatoms. The second kappa shape index (κ2) is 7.61. The maximum absolute atomic E-state index is 12.8. The first-order valence-electron chi connectivity index (χ1n) is 6.57. The molecule has 114 valence electrons. The number of carbonyl (C=O) groups is 2. The molecular weight excluding hydrogens is 303 g/mol. The molecule has 0 atom stereocenters. The van der Waals surface area contributed by atoms with E-state index in [0.29, 0.717) is 11.4 Å². The lowest BCUT2D eigenvalue weighted by Gasteiger charge is -2.08. The van der Waals surface area contributed by atoms with Gasteiger partial charge in [-0.05, 0) is 29.8 Å². The van der Waals surface area contributed by atoms with Crippen LogP contribution in [0.4, 0.5) is 10.1 Å². The van der Waals surface area contributed by atoms with E-state index < -0.39 is 5.91 Å². The van der Waals surface area contributed by atoms with Crippen LogP contribution in [-0.4, -0.2) is 17.6 Å². The number of carbonyl (C=O) groups excluding carboxylic acids is 2. The fourth-order valence-electron chi connectivity index (χ4n) is 1.84. The average Bonchev–Trinajstić information content (AvgIpc) is 2.49. The van der Waals surface area contributed by atoms with Gasteiger partial charge in [0.1, 0.15) is 5.82 Å². The molecule has 0 radical (unpaired) electrons. The Morgan fingerprint density at radius 2 is 1.77 bits per heavy atom. The summed E-state index contributed by atoms with van der Waals surface area (Å²) in [4.78, 5) is 23.2. The van der Waals surface area contributed by atoms with E-state index in [-0.39, 0.29) is 23.0 Å². The minimum atomic E-state index is -0.588. The maximum atomic E-state index is 12.8. The van der Waals surface area contributed by atoms with Gasteiger partial charge in [-0.25, -0.2) is 4.39 Å². The molecule has 0 saturated heterocycles. The van der Waals surface area contributed by atoms with E-state index in [1.165, 1.54) is 23.9 Å². The van der Waals surface area contributed by atoms with Crippen LogP contribution in [-0.2, 0) is 10.5 Å². The highest BCUT2D eigenvalue weighted by atomic mass is 32.2. The van der Waals surface area contributed by atoms with Crippen molar-refractivity contribution in [3.05, 3.63) is 65.5 Å². The number of para-hydroxylation sites is 1. The Bertz CT molecular complexity index is 674. The third-order valence-corrected chi connectivity index (χ3v) is 3.89. The predicted octanol–water partition coefficient (Wildman–Crippen LogP) is 2.80. The van der Waals surface area contributed by atoms with Gasteiger partial charge in [0.05, 0.1) is 17.0 Å². The van der Waals surface area contributed by atoms with Crippen molar-refractivity contribution in [1.82, 2.24) is 0 Å². The topological polar surface area (TPSA) is 72.2 Å². The molecule has 0 spiro atoms. The molecule has 2 aromatic rings. The van der Waals surface area contributed by atoms with Crippen LogP contribution in [0.1, 0.15) is 15.9 Å². The van der Waals surface area contributed by atoms with E-state index in [1.807, 2.05) is 0 Å². The molecule has 0 fully saturated rings. The fraction of sp³-hybridized carbons (Fsp3) is 0.125. The fourth-order valence-corrected chi connectivity index (χ4v) is 2.62. The van der Waals surface area contributed by atoms with E-state index in [2.05, 4.69) is 5.32 Å². The predicted molar refractivity (Wildman–Crippen MR) is 86.2 cm³/mol. The van der Waals surface area contributed by atoms with Crippen LogP contribution in [0, 0.1) is 5.82 Å². The summed E-state index contributed by atoms with van der Waals surface area (Å²) >= 11 is 1.40. The number of hydrogen-bond donors (Lipinski definition) is 2. The Labute approximate surface area is 131 Å². The summed E-state index contributed by atoms with van der Waals surface area (Å²) in [6.45, 7) is 0. The number of hydrogen-bond acceptors (Lipinski definition) is 3. The summed E-state index contributed by atoms with van der Waals surface area (Å²) in [7, 11) is 0. The van der Waals surface area contributed by atoms with E-state index in [4.69, 9.17) is 5.73 Å². The highest BCUT2D eigenvalue weighted by Crippen LogP contribution is 2.16. The molecule has 0 saturated carbocycles. The Morgan fingerprint density at radius 3 is 2.45 bits per heavy atom. The average molecular weight is 318 g/mol. The summed E-state index contributed by atoms with van der Waals surface area (Å²) in [6, 6.07) is 12.7. The first-order chi connectivity index (χ1) is 10.6. The zero-order valence-corrected chi connectivity index (χ0v) is 12.5. The third kappa shape index (κ3) is 4.60. The summed E-state index contributed by atoms with van der Waals surface area (Å²) in [5.74, 6) is -0.263. The lowest BCUT2D eigenvalue weighted by atomic mass is 10.1. The Hall–Kier alpha value is -2.34. The molecule has 0 aliphatic carbocycles. The second-order valence-electron chi connectivity index (χ2n) is 4.58. The summed E-state index contributed by atoms with van der Waals surface area (Å²) in [6.07, 6.45) is 0. The van der Waals surface area contributed by atoms with Crippen molar-refractivity contribution in [1.29, 1.82) is 0 Å². The molecule has 0 aliphatic heterocycles. The lowest BCUT2D eigenvalue weighted by Crippen LogP contribution is -2.19. The van der Waals surface area contributed by atoms with Crippen LogP contribution in [0.5, 0.6) is 0 Å². The minimum absolute atomic E-state index is 0.221. The highest BCUT2D eigenvalue weighted by molar-refractivity contribution is 7.99. The molecule has 2 amide bonds. The normalized spacial score (nSPS) is 10.2. The monoisotopic (exact) mass is 318 g/mol. The van der Waals surface area contributed by atoms with Gasteiger partial charge in [0, 0.05) is 5.75 Å². The zero-order valence-electron chi connectivity index (χ0n) is 11.7. The van der Waals surface area contributed by atoms with Crippen LogP contribution in [0.15, 0.2) is 48.5 Å². The van der Waals surface area contributed by atoms with Gasteiger partial charge >= 0.3 is 0 Å². The van der Waals surface area contributed by atoms with Crippen molar-refractivity contribution in [3.8, 4) is 0 Å². The third-order valence-electron chi connectivity index (χ3n) is 2.88. The molecule has 0 aliphatic rings. The molecule has 0 unspecified atom stereocenters. The number of nitrogens with one attached hydrogen (secondary N) is 1. The summed E-state index contributed by atoms with van der Waals surface area (Å²) in [5, 5.41) is 2.67. The molecule has 2 rings (SSSR count). The zero-order chi connectivity index (χ0) is 15.9. The number of anilines is 1. The number of thioether (sulfide) groups is 1. The quantitative estimate of drug-likeness (QED) is 0.860. The molecule has 0 heterocycles. The van der Waals surface area contributed by atoms with Crippen molar-refractivity contribution in [2.24, 2.45) is 5.73 Å². The van der Waals surface area contributed by atoms with E-state index in [1.54, 1.807) is 36.4 Å². The lowest BCUT2D eigenvalue weighted by molar-refractivity contribution is -0.113. The van der Waals surface area contributed by atoms with E-state index >= 15 is 0 Å². The van der Waals surface area contributed by atoms with Crippen molar-refractivity contribution in [3.63, 3.8) is 0 Å². The van der Waals surface area contributed by atoms with Gasteiger partial charge in [-0.15, -0.1) is 11.8 Å². The van der Waals surface area contributed by atoms with Crippen LogP contribution in [0.25, 0.3) is 0 Å². The van der Waals surface area contributed by atoms with Crippen LogP contribution < -0.4 is 11.1 Å². The molecule has 4 nitrogen and oxygen atoms in total. The molecule has 22 heavy (non-hydrogen) atoms. The van der Waals surface area contributed by atoms with Gasteiger partial charge in [0.15, 0.2) is 0 Å². The Morgan fingerprint density at radius 1 is 1.09 bits per heavy atom. The highest BCUT2D eigenvalue weighted by Gasteiger charge is 2.10. The van der Waals surface area contributed by atoms with E-state index in [9.17, 15) is 14.0 Å². The number of benzene rings is 2. The first kappa shape index (κ1) is 16.0. The Kier molecular flexibility index (Phi) is 5.55. The number of halogens is 1. The number of amides is 2. The largest absolute Gasteiger partial charge is 0.366 e. The number of primary amides is 1.